The number of carbonyl (C=O) groups excluding carboxylic acids is 2. The number of likely N-dealkylation sites (N-methyl/N-ethyl adjacent to an activating group) is 1. The van der Waals surface area contributed by atoms with Crippen molar-refractivity contribution < 1.29 is 37.3 Å². The topological polar surface area (TPSA) is 114 Å². The number of amides is 1. The third-order valence-corrected chi connectivity index (χ3v) is 12.3. The second-order valence-corrected chi connectivity index (χ2v) is 20.9. The van der Waals surface area contributed by atoms with Gasteiger partial charge in [0.05, 0.1) is 33.8 Å². The molecule has 0 aromatic rings. The summed E-state index contributed by atoms with van der Waals surface area (Å²) in [6.07, 6.45) is 76.5. The summed E-state index contributed by atoms with van der Waals surface area (Å²) in [6, 6.07) is -0.954. The van der Waals surface area contributed by atoms with Crippen molar-refractivity contribution >= 4 is 19.7 Å². The quantitative estimate of drug-likeness (QED) is 0.0161. The van der Waals surface area contributed by atoms with Crippen LogP contribution in [0.3, 0.4) is 0 Å². The number of hydrogen-bond donors (Lipinski definition) is 1. The average molecular weight is 1040 g/mol. The molecule has 0 saturated heterocycles. The van der Waals surface area contributed by atoms with E-state index >= 15 is 0 Å². The van der Waals surface area contributed by atoms with Crippen molar-refractivity contribution in [3.05, 3.63) is 158 Å². The predicted octanol–water partition coefficient (Wildman–Crippen LogP) is 16.6. The Morgan fingerprint density at radius 1 is 0.500 bits per heavy atom. The van der Waals surface area contributed by atoms with E-state index < -0.39 is 32.5 Å². The van der Waals surface area contributed by atoms with Crippen LogP contribution in [0, 0.1) is 0 Å². The molecule has 1 amide bonds. The molecule has 3 unspecified atom stereocenters. The van der Waals surface area contributed by atoms with E-state index in [9.17, 15) is 19.0 Å². The Labute approximate surface area is 452 Å². The van der Waals surface area contributed by atoms with Crippen molar-refractivity contribution in [2.45, 2.75) is 193 Å². The van der Waals surface area contributed by atoms with Crippen molar-refractivity contribution in [2.24, 2.45) is 0 Å². The smallest absolute Gasteiger partial charge is 0.306 e. The molecule has 0 aromatic heterocycles. The van der Waals surface area contributed by atoms with Gasteiger partial charge in [-0.05, 0) is 89.5 Å². The largest absolute Gasteiger partial charge is 0.756 e. The Morgan fingerprint density at radius 2 is 0.946 bits per heavy atom. The molecule has 0 aliphatic carbocycles. The summed E-state index contributed by atoms with van der Waals surface area (Å²) in [7, 11) is 1.08. The number of rotatable bonds is 48. The number of ether oxygens (including phenoxy) is 1. The number of quaternary nitrogens is 1. The molecule has 0 saturated carbocycles. The van der Waals surface area contributed by atoms with Crippen LogP contribution in [0.15, 0.2) is 158 Å². The number of unbranched alkanes of at least 4 members (excludes halogenated alkanes) is 13. The van der Waals surface area contributed by atoms with Crippen LogP contribution in [-0.4, -0.2) is 69.4 Å². The maximum Gasteiger partial charge on any atom is 0.306 e. The Bertz CT molecular complexity index is 1820. The number of nitrogens with one attached hydrogen (secondary N) is 1. The van der Waals surface area contributed by atoms with Crippen molar-refractivity contribution in [1.82, 2.24) is 5.32 Å². The molecule has 0 heterocycles. The zero-order chi connectivity index (χ0) is 54.3. The number of phosphoric acid groups is 1. The number of allylic oxidation sites excluding steroid dienone is 25. The molecule has 416 valence electrons. The van der Waals surface area contributed by atoms with Crippen LogP contribution >= 0.6 is 7.82 Å². The third kappa shape index (κ3) is 52.5. The van der Waals surface area contributed by atoms with E-state index in [0.717, 1.165) is 83.5 Å². The second kappa shape index (κ2) is 52.1. The monoisotopic (exact) mass is 1040 g/mol. The van der Waals surface area contributed by atoms with Gasteiger partial charge in [0, 0.05) is 12.8 Å². The average Bonchev–Trinajstić information content (AvgIpc) is 3.36. The van der Waals surface area contributed by atoms with E-state index in [0.29, 0.717) is 23.9 Å². The van der Waals surface area contributed by atoms with Crippen LogP contribution in [0.1, 0.15) is 181 Å². The highest BCUT2D eigenvalue weighted by molar-refractivity contribution is 7.45. The molecule has 3 atom stereocenters. The van der Waals surface area contributed by atoms with Gasteiger partial charge in [0.15, 0.2) is 0 Å². The van der Waals surface area contributed by atoms with Crippen LogP contribution in [0.5, 0.6) is 0 Å². The minimum atomic E-state index is -4.74. The zero-order valence-electron chi connectivity index (χ0n) is 47.2. The van der Waals surface area contributed by atoms with Gasteiger partial charge in [-0.1, -0.05) is 237 Å². The van der Waals surface area contributed by atoms with Crippen molar-refractivity contribution in [3.63, 3.8) is 0 Å². The Kier molecular flexibility index (Phi) is 49.0. The Hall–Kier alpha value is -4.37. The van der Waals surface area contributed by atoms with E-state index in [1.165, 1.54) is 51.4 Å². The van der Waals surface area contributed by atoms with Crippen molar-refractivity contribution in [2.75, 3.05) is 40.9 Å². The first-order chi connectivity index (χ1) is 35.9. The predicted molar refractivity (Wildman–Crippen MR) is 315 cm³/mol. The van der Waals surface area contributed by atoms with Gasteiger partial charge >= 0.3 is 5.97 Å². The van der Waals surface area contributed by atoms with Crippen LogP contribution in [0.4, 0.5) is 0 Å². The summed E-state index contributed by atoms with van der Waals surface area (Å²) in [5.41, 5.74) is 0. The summed E-state index contributed by atoms with van der Waals surface area (Å²) in [6.45, 7) is 6.45. The van der Waals surface area contributed by atoms with Gasteiger partial charge in [-0.3, -0.25) is 14.2 Å². The first-order valence-corrected chi connectivity index (χ1v) is 29.8. The lowest BCUT2D eigenvalue weighted by atomic mass is 10.1. The number of esters is 1. The molecule has 0 rings (SSSR count). The van der Waals surface area contributed by atoms with Gasteiger partial charge in [0.2, 0.25) is 5.91 Å². The molecule has 0 spiro atoms. The van der Waals surface area contributed by atoms with Crippen LogP contribution in [0.25, 0.3) is 0 Å². The molecule has 10 heteroatoms. The van der Waals surface area contributed by atoms with Gasteiger partial charge in [-0.25, -0.2) is 0 Å². The minimum absolute atomic E-state index is 0.0527. The van der Waals surface area contributed by atoms with E-state index in [-0.39, 0.29) is 25.4 Å². The standard InChI is InChI=1S/C64H103N2O7P/c1-7-10-13-16-19-22-25-28-30-32-33-35-37-39-42-45-48-51-54-57-64(68)73-62(55-52-49-46-43-40-27-24-21-18-15-12-9-3)61(60-72-74(69,70)71-59-58-66(4,5)6)65-63(67)56-53-50-47-44-41-38-36-34-31-29-26-23-20-17-14-11-8-2/h10-11,13-14,17,19-20,22-23,26,28-31,33-36,38-39,41-42,48,51-52,55,61-62H,7-9,12,15-16,18,21,24-25,27,32,37,40,43-47,49-50,53-54,56-60H2,1-6H3,(H-,65,67,69,70)/b13-10-,14-11-,20-17+,22-19-,26-23+,30-28-,31-29-,35-33-,36-34+,41-38+,42-39-,51-48-,55-52+. The molecule has 0 aromatic carbocycles. The Morgan fingerprint density at radius 3 is 1.46 bits per heavy atom. The summed E-state index contributed by atoms with van der Waals surface area (Å²) >= 11 is 0. The maximum absolute atomic E-state index is 13.5. The summed E-state index contributed by atoms with van der Waals surface area (Å²) < 4.78 is 30.1. The van der Waals surface area contributed by atoms with Gasteiger partial charge < -0.3 is 28.5 Å². The normalized spacial score (nSPS) is 15.0. The first-order valence-electron chi connectivity index (χ1n) is 28.4. The number of carbonyl (C=O) groups is 2. The fourth-order valence-corrected chi connectivity index (χ4v) is 7.77. The lowest BCUT2D eigenvalue weighted by Crippen LogP contribution is -2.47. The molecule has 9 nitrogen and oxygen atoms in total. The molecule has 1 N–H and O–H groups in total. The number of phosphoric ester groups is 1. The summed E-state index contributed by atoms with van der Waals surface area (Å²) in [4.78, 5) is 39.8. The van der Waals surface area contributed by atoms with Crippen LogP contribution in [0.2, 0.25) is 0 Å². The highest BCUT2D eigenvalue weighted by Gasteiger charge is 2.27. The summed E-state index contributed by atoms with van der Waals surface area (Å²) in [5, 5.41) is 2.97. The molecule has 0 fully saturated rings. The molecular weight excluding hydrogens is 940 g/mol. The van der Waals surface area contributed by atoms with Gasteiger partial charge in [-0.2, -0.15) is 0 Å². The van der Waals surface area contributed by atoms with Crippen LogP contribution < -0.4 is 10.2 Å². The highest BCUT2D eigenvalue weighted by Crippen LogP contribution is 2.38. The van der Waals surface area contributed by atoms with Gasteiger partial charge in [-0.15, -0.1) is 0 Å². The van der Waals surface area contributed by atoms with Crippen molar-refractivity contribution in [3.8, 4) is 0 Å². The van der Waals surface area contributed by atoms with Crippen molar-refractivity contribution in [1.29, 1.82) is 0 Å². The second-order valence-electron chi connectivity index (χ2n) is 19.5. The molecule has 0 aliphatic heterocycles. The Balaban J connectivity index is 5.59. The highest BCUT2D eigenvalue weighted by atomic mass is 31.2. The number of nitrogens with zero attached hydrogens (tertiary/aromatic N) is 1. The third-order valence-electron chi connectivity index (χ3n) is 11.4. The molecule has 0 aliphatic rings. The van der Waals surface area contributed by atoms with Crippen LogP contribution in [-0.2, 0) is 27.9 Å². The molecule has 0 bridgehead atoms. The SMILES string of the molecule is CC\C=C/C=C/C=C/C=C\C=C\C=C\CCCCCC(=O)NC(COP(=O)([O-])OCC[N+](C)(C)C)C(/C=C/CCCCCCCCCCCC)OC(=O)CC/C=C\C/C=C\C/C=C\C/C=C\C/C=C\C/C=C\CC. The minimum Gasteiger partial charge on any atom is -0.756 e. The van der Waals surface area contributed by atoms with E-state index in [1.54, 1.807) is 6.08 Å². The fourth-order valence-electron chi connectivity index (χ4n) is 7.05. The van der Waals surface area contributed by atoms with Gasteiger partial charge in [0.25, 0.3) is 7.82 Å². The maximum atomic E-state index is 13.5. The summed E-state index contributed by atoms with van der Waals surface area (Å²) in [5.74, 6) is -0.708. The van der Waals surface area contributed by atoms with E-state index in [4.69, 9.17) is 13.8 Å². The molecule has 0 radical (unpaired) electrons. The molecular formula is C64H103N2O7P. The first kappa shape index (κ1) is 69.6. The van der Waals surface area contributed by atoms with E-state index in [2.05, 4.69) is 99.0 Å². The lowest BCUT2D eigenvalue weighted by Gasteiger charge is -2.30. The van der Waals surface area contributed by atoms with E-state index in [1.807, 2.05) is 100 Å². The fraction of sp³-hybridized carbons (Fsp3) is 0.562. The zero-order valence-corrected chi connectivity index (χ0v) is 48.1. The lowest BCUT2D eigenvalue weighted by molar-refractivity contribution is -0.870. The number of hydrogen-bond acceptors (Lipinski definition) is 7. The molecule has 74 heavy (non-hydrogen) atoms. The van der Waals surface area contributed by atoms with Gasteiger partial charge in [0.1, 0.15) is 19.3 Å².